The number of nitrogens with one attached hydrogen (secondary N) is 1. The number of carbonyl (C=O) groups is 1. The van der Waals surface area contributed by atoms with E-state index in [1.54, 1.807) is 13.0 Å². The zero-order chi connectivity index (χ0) is 24.5. The molecule has 4 rings (SSSR count). The van der Waals surface area contributed by atoms with Gasteiger partial charge in [0, 0.05) is 23.3 Å². The molecule has 8 atom stereocenters. The maximum atomic E-state index is 11.9. The number of aliphatic hydroxyl groups excluding tert-OH is 4. The monoisotopic (exact) mass is 464 g/mol. The van der Waals surface area contributed by atoms with E-state index < -0.39 is 52.5 Å². The molecule has 0 radical (unpaired) electrons. The highest BCUT2D eigenvalue weighted by Gasteiger charge is 2.68. The minimum absolute atomic E-state index is 0.142. The van der Waals surface area contributed by atoms with E-state index in [9.17, 15) is 35.4 Å². The summed E-state index contributed by atoms with van der Waals surface area (Å²) in [5.74, 6) is -2.94. The molecule has 1 saturated carbocycles. The first kappa shape index (κ1) is 23.9. The van der Waals surface area contributed by atoms with E-state index >= 15 is 0 Å². The molecule has 0 aromatic heterocycles. The minimum Gasteiger partial charge on any atom is -0.512 e. The van der Waals surface area contributed by atoms with E-state index in [0.717, 1.165) is 11.1 Å². The molecule has 0 saturated heterocycles. The average molecular weight is 465 g/mol. The number of hydrogen-bond donors (Lipinski definition) is 8. The number of primary amides is 1. The quantitative estimate of drug-likeness (QED) is 0.284. The average Bonchev–Trinajstić information content (AvgIpc) is 2.70. The molecule has 10 nitrogen and oxygen atoms in total. The fraction of sp³-hybridized carbons (Fsp3) is 0.609. The van der Waals surface area contributed by atoms with Gasteiger partial charge in [0.25, 0.3) is 5.91 Å². The lowest BCUT2D eigenvalue weighted by Crippen LogP contribution is -2.72. The number of phenols is 1. The molecule has 0 aliphatic heterocycles. The zero-order valence-electron chi connectivity index (χ0n) is 18.8. The molecule has 3 aliphatic rings. The van der Waals surface area contributed by atoms with Crippen LogP contribution in [0, 0.1) is 17.3 Å². The minimum atomic E-state index is -2.25. The lowest BCUT2D eigenvalue weighted by atomic mass is 9.47. The molecule has 9 N–H and O–H groups in total. The molecule has 0 spiro atoms. The maximum absolute atomic E-state index is 11.9. The second-order valence-corrected chi connectivity index (χ2v) is 9.94. The summed E-state index contributed by atoms with van der Waals surface area (Å²) >= 11 is 0. The lowest BCUT2D eigenvalue weighted by molar-refractivity contribution is -0.268. The summed E-state index contributed by atoms with van der Waals surface area (Å²) in [5, 5.41) is 66.3. The summed E-state index contributed by atoms with van der Waals surface area (Å²) in [6.07, 6.45) is -4.51. The smallest absolute Gasteiger partial charge is 0.250 e. The van der Waals surface area contributed by atoms with Gasteiger partial charge in [0.2, 0.25) is 0 Å². The van der Waals surface area contributed by atoms with E-state index in [1.165, 1.54) is 13.2 Å². The van der Waals surface area contributed by atoms with Gasteiger partial charge >= 0.3 is 0 Å². The summed E-state index contributed by atoms with van der Waals surface area (Å²) in [6, 6.07) is 2.95. The molecule has 182 valence electrons. The van der Waals surface area contributed by atoms with Gasteiger partial charge in [0.05, 0.1) is 30.9 Å². The predicted molar refractivity (Wildman–Crippen MR) is 115 cm³/mol. The first-order valence-corrected chi connectivity index (χ1v) is 11.0. The van der Waals surface area contributed by atoms with Crippen molar-refractivity contribution in [3.05, 3.63) is 40.2 Å². The summed E-state index contributed by atoms with van der Waals surface area (Å²) in [6.45, 7) is 3.50. The van der Waals surface area contributed by atoms with Crippen molar-refractivity contribution in [2.45, 2.75) is 63.1 Å². The Balaban J connectivity index is 1.83. The van der Waals surface area contributed by atoms with E-state index in [2.05, 4.69) is 5.48 Å². The molecule has 1 aromatic rings. The number of phenolic OH excluding ortho intramolecular Hbond substituents is 1. The molecule has 1 fully saturated rings. The van der Waals surface area contributed by atoms with Crippen LogP contribution in [0.4, 0.5) is 0 Å². The molecule has 10 heteroatoms. The number of amides is 1. The number of carbonyl (C=O) groups excluding carboxylic acids is 1. The van der Waals surface area contributed by atoms with Gasteiger partial charge in [0.15, 0.2) is 0 Å². The van der Waals surface area contributed by atoms with Crippen LogP contribution in [0.15, 0.2) is 23.5 Å². The van der Waals surface area contributed by atoms with Crippen molar-refractivity contribution >= 4 is 5.91 Å². The van der Waals surface area contributed by atoms with E-state index in [0.29, 0.717) is 6.42 Å². The van der Waals surface area contributed by atoms with Crippen LogP contribution in [0.3, 0.4) is 0 Å². The second-order valence-electron chi connectivity index (χ2n) is 9.94. The normalized spacial score (nSPS) is 38.8. The standard InChI is InChI=1S/C23H32N2O8/c1-9(25-33-3)11-4-5-13(26)16-12(11)6-10-7-22(2)8-14(27)17(21(24)31)20(30)23(22,32)19(29)15(10)18(16)28/h4-5,9-10,15,18-20,25-30,32H,6-8H2,1-3H3,(H2,24,31)/t9?,10-,15?,18?,19?,20?,22-,23-/m0/s1. The number of rotatable bonds is 4. The Bertz CT molecular complexity index is 1010. The number of benzene rings is 1. The third-order valence-electron chi connectivity index (χ3n) is 8.12. The van der Waals surface area contributed by atoms with Crippen molar-refractivity contribution in [2.75, 3.05) is 7.11 Å². The summed E-state index contributed by atoms with van der Waals surface area (Å²) < 4.78 is 0. The third kappa shape index (κ3) is 3.20. The topological polar surface area (TPSA) is 186 Å². The fourth-order valence-electron chi connectivity index (χ4n) is 6.58. The highest BCUT2D eigenvalue weighted by molar-refractivity contribution is 5.94. The van der Waals surface area contributed by atoms with Crippen molar-refractivity contribution in [1.82, 2.24) is 5.48 Å². The maximum Gasteiger partial charge on any atom is 0.250 e. The van der Waals surface area contributed by atoms with Crippen LogP contribution in [0.5, 0.6) is 5.75 Å². The molecule has 33 heavy (non-hydrogen) atoms. The second kappa shape index (κ2) is 7.93. The number of fused-ring (bicyclic) bond motifs is 3. The number of hydrogen-bond acceptors (Lipinski definition) is 9. The van der Waals surface area contributed by atoms with Gasteiger partial charge in [-0.05, 0) is 42.9 Å². The molecule has 0 heterocycles. The third-order valence-corrected chi connectivity index (χ3v) is 8.12. The van der Waals surface area contributed by atoms with Gasteiger partial charge in [-0.1, -0.05) is 13.0 Å². The van der Waals surface area contributed by atoms with Crippen molar-refractivity contribution < 1.29 is 40.3 Å². The number of nitrogens with two attached hydrogens (primary N) is 1. The molecule has 3 aliphatic carbocycles. The van der Waals surface area contributed by atoms with Crippen molar-refractivity contribution in [3.8, 4) is 5.75 Å². The molecular formula is C23H32N2O8. The van der Waals surface area contributed by atoms with Crippen LogP contribution in [0.2, 0.25) is 0 Å². The van der Waals surface area contributed by atoms with Gasteiger partial charge in [-0.3, -0.25) is 4.79 Å². The largest absolute Gasteiger partial charge is 0.512 e. The summed E-state index contributed by atoms with van der Waals surface area (Å²) in [4.78, 5) is 16.9. The number of aliphatic hydroxyl groups is 5. The van der Waals surface area contributed by atoms with Crippen LogP contribution in [0.25, 0.3) is 0 Å². The molecule has 0 bridgehead atoms. The fourth-order valence-corrected chi connectivity index (χ4v) is 6.58. The van der Waals surface area contributed by atoms with Gasteiger partial charge in [-0.25, -0.2) is 0 Å². The van der Waals surface area contributed by atoms with Crippen molar-refractivity contribution in [1.29, 1.82) is 0 Å². The van der Waals surface area contributed by atoms with Crippen molar-refractivity contribution in [3.63, 3.8) is 0 Å². The summed E-state index contributed by atoms with van der Waals surface area (Å²) in [7, 11) is 1.49. The van der Waals surface area contributed by atoms with Crippen LogP contribution in [-0.2, 0) is 16.1 Å². The molecule has 5 unspecified atom stereocenters. The summed E-state index contributed by atoms with van der Waals surface area (Å²) in [5.41, 5.74) is 5.95. The van der Waals surface area contributed by atoms with E-state index in [4.69, 9.17) is 10.6 Å². The molecule has 1 amide bonds. The molecule has 1 aromatic carbocycles. The zero-order valence-corrected chi connectivity index (χ0v) is 18.8. The Morgan fingerprint density at radius 3 is 2.55 bits per heavy atom. The number of hydroxylamine groups is 1. The van der Waals surface area contributed by atoms with E-state index in [-0.39, 0.29) is 36.1 Å². The Labute approximate surface area is 191 Å². The van der Waals surface area contributed by atoms with E-state index in [1.807, 2.05) is 6.92 Å². The van der Waals surface area contributed by atoms with Crippen molar-refractivity contribution in [2.24, 2.45) is 23.0 Å². The number of allylic oxidation sites excluding steroid dienone is 1. The highest BCUT2D eigenvalue weighted by atomic mass is 16.6. The van der Waals surface area contributed by atoms with Crippen LogP contribution >= 0.6 is 0 Å². The van der Waals surface area contributed by atoms with Crippen LogP contribution < -0.4 is 11.2 Å². The SMILES string of the molecule is CONC(C)c1ccc(O)c2c1C[C@H]1C[C@@]3(C)CC(O)=C(C(N)=O)C(O)[C@@]3(O)C(O)C1C2O. The van der Waals surface area contributed by atoms with Crippen LogP contribution in [0.1, 0.15) is 55.5 Å². The predicted octanol–water partition coefficient (Wildman–Crippen LogP) is -0.00990. The van der Waals surface area contributed by atoms with Gasteiger partial charge in [-0.2, -0.15) is 5.48 Å². The van der Waals surface area contributed by atoms with Gasteiger partial charge in [-0.15, -0.1) is 0 Å². The van der Waals surface area contributed by atoms with Gasteiger partial charge < -0.3 is 41.2 Å². The Hall–Kier alpha value is -2.21. The first-order chi connectivity index (χ1) is 15.4. The van der Waals surface area contributed by atoms with Crippen LogP contribution in [-0.4, -0.2) is 61.5 Å². The Morgan fingerprint density at radius 1 is 1.27 bits per heavy atom. The first-order valence-electron chi connectivity index (χ1n) is 11.0. The Kier molecular flexibility index (Phi) is 5.75. The molecular weight excluding hydrogens is 432 g/mol. The lowest BCUT2D eigenvalue weighted by Gasteiger charge is -2.61. The highest BCUT2D eigenvalue weighted by Crippen LogP contribution is 2.61. The Morgan fingerprint density at radius 2 is 1.94 bits per heavy atom. The van der Waals surface area contributed by atoms with Gasteiger partial charge in [0.1, 0.15) is 23.2 Å². The number of aromatic hydroxyl groups is 1.